The van der Waals surface area contributed by atoms with Crippen molar-refractivity contribution in [3.63, 3.8) is 0 Å². The zero-order valence-corrected chi connectivity index (χ0v) is 11.6. The average molecular weight is 295 g/mol. The van der Waals surface area contributed by atoms with Crippen LogP contribution in [-0.2, 0) is 12.7 Å². The summed E-state index contributed by atoms with van der Waals surface area (Å²) in [5.74, 6) is 1.46. The fraction of sp³-hybridized carbons (Fsp3) is 0.400. The molecule has 0 bridgehead atoms. The summed E-state index contributed by atoms with van der Waals surface area (Å²) in [4.78, 5) is 4.42. The molecule has 3 nitrogen and oxygen atoms in total. The molecule has 0 spiro atoms. The molecule has 6 heteroatoms. The van der Waals surface area contributed by atoms with E-state index < -0.39 is 11.7 Å². The molecule has 1 aromatic carbocycles. The zero-order valence-electron chi connectivity index (χ0n) is 11.6. The van der Waals surface area contributed by atoms with Gasteiger partial charge < -0.3 is 10.3 Å². The van der Waals surface area contributed by atoms with Crippen molar-refractivity contribution in [2.45, 2.75) is 38.4 Å². The highest BCUT2D eigenvalue weighted by Gasteiger charge is 2.36. The number of halogens is 3. The summed E-state index contributed by atoms with van der Waals surface area (Å²) in [6.45, 7) is 2.53. The van der Waals surface area contributed by atoms with E-state index >= 15 is 0 Å². The maximum atomic E-state index is 13.2. The predicted molar refractivity (Wildman–Crippen MR) is 74.7 cm³/mol. The molecule has 2 N–H and O–H groups in total. The van der Waals surface area contributed by atoms with Gasteiger partial charge in [0, 0.05) is 18.0 Å². The number of hydrogen-bond donors (Lipinski definition) is 1. The van der Waals surface area contributed by atoms with Crippen molar-refractivity contribution in [3.8, 4) is 11.3 Å². The third kappa shape index (κ3) is 2.39. The van der Waals surface area contributed by atoms with Gasteiger partial charge in [0.05, 0.1) is 5.56 Å². The van der Waals surface area contributed by atoms with Gasteiger partial charge in [-0.1, -0.05) is 18.2 Å². The van der Waals surface area contributed by atoms with E-state index in [1.807, 2.05) is 11.5 Å². The van der Waals surface area contributed by atoms with E-state index in [0.717, 1.165) is 24.7 Å². The van der Waals surface area contributed by atoms with E-state index in [2.05, 4.69) is 4.98 Å². The summed E-state index contributed by atoms with van der Waals surface area (Å²) in [5.41, 5.74) is 5.66. The Kier molecular flexibility index (Phi) is 3.19. The number of rotatable bonds is 3. The lowest BCUT2D eigenvalue weighted by Crippen LogP contribution is -2.08. The first kappa shape index (κ1) is 14.0. The molecule has 1 saturated carbocycles. The number of hydrogen-bond acceptors (Lipinski definition) is 2. The number of aromatic nitrogens is 2. The summed E-state index contributed by atoms with van der Waals surface area (Å²) in [6, 6.07) is 5.45. The molecule has 21 heavy (non-hydrogen) atoms. The summed E-state index contributed by atoms with van der Waals surface area (Å²) in [6.07, 6.45) is -2.37. The first-order valence-corrected chi connectivity index (χ1v) is 6.96. The van der Waals surface area contributed by atoms with Crippen LogP contribution in [0.5, 0.6) is 0 Å². The van der Waals surface area contributed by atoms with Gasteiger partial charge in [0.25, 0.3) is 0 Å². The number of nitrogens with zero attached hydrogens (tertiary/aromatic N) is 2. The number of nitrogens with two attached hydrogens (primary N) is 1. The third-order valence-corrected chi connectivity index (χ3v) is 3.78. The number of benzene rings is 1. The van der Waals surface area contributed by atoms with Gasteiger partial charge in [-0.3, -0.25) is 0 Å². The standard InChI is InChI=1S/C15H16F3N3/c1-2-21-13(19)12(20-14(21)9-7-8-9)10-5-3-4-6-11(10)15(16,17)18/h3-6,9H,2,7-8,19H2,1H3. The minimum atomic E-state index is -4.42. The fourth-order valence-electron chi connectivity index (χ4n) is 2.60. The Balaban J connectivity index is 2.18. The predicted octanol–water partition coefficient (Wildman–Crippen LogP) is 4.05. The Bertz CT molecular complexity index is 669. The molecule has 0 amide bonds. The molecule has 0 saturated heterocycles. The Hall–Kier alpha value is -1.98. The van der Waals surface area contributed by atoms with Crippen molar-refractivity contribution in [3.05, 3.63) is 35.7 Å². The van der Waals surface area contributed by atoms with Crippen LogP contribution >= 0.6 is 0 Å². The number of anilines is 1. The van der Waals surface area contributed by atoms with Crippen LogP contribution < -0.4 is 5.73 Å². The minimum Gasteiger partial charge on any atom is -0.383 e. The summed E-state index contributed by atoms with van der Waals surface area (Å²) in [5, 5.41) is 0. The normalized spacial score (nSPS) is 15.4. The molecule has 3 rings (SSSR count). The fourth-order valence-corrected chi connectivity index (χ4v) is 2.60. The molecule has 1 fully saturated rings. The molecule has 0 aliphatic heterocycles. The second kappa shape index (κ2) is 4.79. The number of imidazole rings is 1. The molecule has 0 radical (unpaired) electrons. The molecule has 0 atom stereocenters. The molecule has 0 unspecified atom stereocenters. The van der Waals surface area contributed by atoms with Crippen molar-refractivity contribution in [2.75, 3.05) is 5.73 Å². The molecule has 1 aliphatic carbocycles. The van der Waals surface area contributed by atoms with Crippen LogP contribution in [0.1, 0.15) is 37.1 Å². The summed E-state index contributed by atoms with van der Waals surface area (Å²) in [7, 11) is 0. The Morgan fingerprint density at radius 2 is 1.95 bits per heavy atom. The van der Waals surface area contributed by atoms with Gasteiger partial charge in [-0.2, -0.15) is 13.2 Å². The van der Waals surface area contributed by atoms with E-state index in [1.165, 1.54) is 12.1 Å². The Morgan fingerprint density at radius 3 is 2.52 bits per heavy atom. The molecular formula is C15H16F3N3. The van der Waals surface area contributed by atoms with Gasteiger partial charge in [-0.15, -0.1) is 0 Å². The third-order valence-electron chi connectivity index (χ3n) is 3.78. The summed E-state index contributed by atoms with van der Waals surface area (Å²) < 4.78 is 41.3. The van der Waals surface area contributed by atoms with Crippen LogP contribution in [0.4, 0.5) is 19.0 Å². The van der Waals surface area contributed by atoms with E-state index in [0.29, 0.717) is 18.3 Å². The van der Waals surface area contributed by atoms with Gasteiger partial charge in [0.15, 0.2) is 0 Å². The number of alkyl halides is 3. The lowest BCUT2D eigenvalue weighted by molar-refractivity contribution is -0.137. The zero-order chi connectivity index (χ0) is 15.2. The summed E-state index contributed by atoms with van der Waals surface area (Å²) >= 11 is 0. The van der Waals surface area contributed by atoms with Gasteiger partial charge in [0.2, 0.25) is 0 Å². The van der Waals surface area contributed by atoms with Crippen LogP contribution in [-0.4, -0.2) is 9.55 Å². The molecule has 112 valence electrons. The van der Waals surface area contributed by atoms with Crippen molar-refractivity contribution in [1.82, 2.24) is 9.55 Å². The van der Waals surface area contributed by atoms with Gasteiger partial charge in [-0.05, 0) is 25.8 Å². The first-order valence-electron chi connectivity index (χ1n) is 6.96. The molecule has 1 heterocycles. The Labute approximate surface area is 120 Å². The molecule has 1 aromatic heterocycles. The van der Waals surface area contributed by atoms with Gasteiger partial charge >= 0.3 is 6.18 Å². The lowest BCUT2D eigenvalue weighted by atomic mass is 10.0. The highest BCUT2D eigenvalue weighted by molar-refractivity contribution is 5.74. The van der Waals surface area contributed by atoms with E-state index in [-0.39, 0.29) is 11.3 Å². The quantitative estimate of drug-likeness (QED) is 0.928. The van der Waals surface area contributed by atoms with Crippen LogP contribution in [0.3, 0.4) is 0 Å². The number of nitrogen functional groups attached to an aromatic ring is 1. The first-order chi connectivity index (χ1) is 9.93. The minimum absolute atomic E-state index is 0.0524. The largest absolute Gasteiger partial charge is 0.417 e. The van der Waals surface area contributed by atoms with Crippen LogP contribution in [0.25, 0.3) is 11.3 Å². The van der Waals surface area contributed by atoms with E-state index in [9.17, 15) is 13.2 Å². The second-order valence-corrected chi connectivity index (χ2v) is 5.27. The van der Waals surface area contributed by atoms with Crippen LogP contribution in [0.15, 0.2) is 24.3 Å². The smallest absolute Gasteiger partial charge is 0.383 e. The van der Waals surface area contributed by atoms with Crippen molar-refractivity contribution in [2.24, 2.45) is 0 Å². The monoisotopic (exact) mass is 295 g/mol. The maximum absolute atomic E-state index is 13.2. The van der Waals surface area contributed by atoms with Gasteiger partial charge in [0.1, 0.15) is 17.3 Å². The molecular weight excluding hydrogens is 279 g/mol. The highest BCUT2D eigenvalue weighted by Crippen LogP contribution is 2.44. The molecule has 1 aliphatic rings. The second-order valence-electron chi connectivity index (χ2n) is 5.27. The van der Waals surface area contributed by atoms with Crippen LogP contribution in [0.2, 0.25) is 0 Å². The van der Waals surface area contributed by atoms with E-state index in [1.54, 1.807) is 6.07 Å². The molecule has 2 aromatic rings. The topological polar surface area (TPSA) is 43.8 Å². The van der Waals surface area contributed by atoms with Crippen molar-refractivity contribution in [1.29, 1.82) is 0 Å². The highest BCUT2D eigenvalue weighted by atomic mass is 19.4. The maximum Gasteiger partial charge on any atom is 0.417 e. The lowest BCUT2D eigenvalue weighted by Gasteiger charge is -2.11. The van der Waals surface area contributed by atoms with E-state index in [4.69, 9.17) is 5.73 Å². The average Bonchev–Trinajstić information content (AvgIpc) is 3.22. The SMILES string of the molecule is CCn1c(C2CC2)nc(-c2ccccc2C(F)(F)F)c1N. The van der Waals surface area contributed by atoms with Crippen LogP contribution in [0, 0.1) is 0 Å². The Morgan fingerprint density at radius 1 is 1.29 bits per heavy atom. The van der Waals surface area contributed by atoms with Crippen molar-refractivity contribution >= 4 is 5.82 Å². The van der Waals surface area contributed by atoms with Gasteiger partial charge in [-0.25, -0.2) is 4.98 Å². The van der Waals surface area contributed by atoms with Crippen molar-refractivity contribution < 1.29 is 13.2 Å².